The highest BCUT2D eigenvalue weighted by atomic mass is 32.2. The smallest absolute Gasteiger partial charge is 0.295 e. The predicted molar refractivity (Wildman–Crippen MR) is 115 cm³/mol. The summed E-state index contributed by atoms with van der Waals surface area (Å²) < 4.78 is 44.4. The Hall–Kier alpha value is -3.20. The molecule has 2 aliphatic heterocycles. The minimum Gasteiger partial charge on any atom is -0.507 e. The lowest BCUT2D eigenvalue weighted by atomic mass is 9.94. The minimum atomic E-state index is -3.39. The van der Waals surface area contributed by atoms with E-state index in [4.69, 9.17) is 4.74 Å². The second-order valence-corrected chi connectivity index (χ2v) is 9.97. The van der Waals surface area contributed by atoms with Gasteiger partial charge in [-0.3, -0.25) is 9.59 Å². The lowest BCUT2D eigenvalue weighted by molar-refractivity contribution is -0.141. The van der Waals surface area contributed by atoms with Gasteiger partial charge in [-0.2, -0.15) is 0 Å². The Bertz CT molecular complexity index is 1220. The molecule has 4 rings (SSSR count). The molecule has 0 radical (unpaired) electrons. The average Bonchev–Trinajstić information content (AvgIpc) is 3.24. The number of sulfone groups is 1. The maximum absolute atomic E-state index is 14.8. The molecule has 7 nitrogen and oxygen atoms in total. The first-order chi connectivity index (χ1) is 15.2. The number of likely N-dealkylation sites (tertiary alicyclic amines) is 1. The highest BCUT2D eigenvalue weighted by molar-refractivity contribution is 7.91. The van der Waals surface area contributed by atoms with Crippen LogP contribution in [0.2, 0.25) is 0 Å². The first-order valence-corrected chi connectivity index (χ1v) is 12.0. The van der Waals surface area contributed by atoms with Crippen molar-refractivity contribution in [1.29, 1.82) is 0 Å². The summed E-state index contributed by atoms with van der Waals surface area (Å²) in [7, 11) is -3.39. The van der Waals surface area contributed by atoms with Crippen LogP contribution in [0, 0.1) is 5.82 Å². The van der Waals surface area contributed by atoms with Crippen LogP contribution >= 0.6 is 0 Å². The van der Waals surface area contributed by atoms with Crippen LogP contribution in [0.3, 0.4) is 0 Å². The first kappa shape index (κ1) is 22.0. The molecule has 0 aromatic heterocycles. The fourth-order valence-electron chi connectivity index (χ4n) is 4.28. The van der Waals surface area contributed by atoms with Crippen molar-refractivity contribution in [1.82, 2.24) is 4.90 Å². The highest BCUT2D eigenvalue weighted by Crippen LogP contribution is 2.43. The van der Waals surface area contributed by atoms with Crippen molar-refractivity contribution < 1.29 is 32.2 Å². The number of ketones is 1. The van der Waals surface area contributed by atoms with Crippen molar-refractivity contribution >= 4 is 27.3 Å². The molecule has 0 spiro atoms. The van der Waals surface area contributed by atoms with E-state index in [1.165, 1.54) is 24.3 Å². The van der Waals surface area contributed by atoms with E-state index >= 15 is 0 Å². The summed E-state index contributed by atoms with van der Waals surface area (Å²) in [5.41, 5.74) is -0.0362. The summed E-state index contributed by atoms with van der Waals surface area (Å²) in [5.74, 6) is -3.06. The van der Waals surface area contributed by atoms with Gasteiger partial charge in [0.25, 0.3) is 11.7 Å². The fraction of sp³-hybridized carbons (Fsp3) is 0.304. The van der Waals surface area contributed by atoms with Gasteiger partial charge in [-0.25, -0.2) is 12.8 Å². The summed E-state index contributed by atoms with van der Waals surface area (Å²) in [6.07, 6.45) is 0.139. The van der Waals surface area contributed by atoms with E-state index in [1.54, 1.807) is 31.2 Å². The SMILES string of the molecule is CCOc1cccc(C(O)=C2C(=O)C(=O)N(C3CCS(=O)(=O)C3)C2c2ccccc2F)c1. The van der Waals surface area contributed by atoms with Crippen molar-refractivity contribution in [2.75, 3.05) is 18.1 Å². The third-order valence-corrected chi connectivity index (χ3v) is 7.45. The number of halogens is 1. The molecule has 1 N–H and O–H groups in total. The lowest BCUT2D eigenvalue weighted by Gasteiger charge is -2.30. The van der Waals surface area contributed by atoms with Gasteiger partial charge >= 0.3 is 0 Å². The Morgan fingerprint density at radius 3 is 2.59 bits per heavy atom. The topological polar surface area (TPSA) is 101 Å². The molecule has 2 heterocycles. The van der Waals surface area contributed by atoms with Gasteiger partial charge in [0, 0.05) is 17.2 Å². The largest absolute Gasteiger partial charge is 0.507 e. The number of ether oxygens (including phenoxy) is 1. The zero-order valence-electron chi connectivity index (χ0n) is 17.3. The lowest BCUT2D eigenvalue weighted by Crippen LogP contribution is -2.40. The van der Waals surface area contributed by atoms with Gasteiger partial charge in [0.05, 0.1) is 29.7 Å². The number of nitrogens with zero attached hydrogens (tertiary/aromatic N) is 1. The molecule has 1 amide bonds. The van der Waals surface area contributed by atoms with E-state index in [9.17, 15) is 27.5 Å². The molecular weight excluding hydrogens is 437 g/mol. The normalized spacial score (nSPS) is 24.1. The van der Waals surface area contributed by atoms with Gasteiger partial charge in [-0.15, -0.1) is 0 Å². The zero-order chi connectivity index (χ0) is 23.0. The van der Waals surface area contributed by atoms with Gasteiger partial charge in [0.15, 0.2) is 9.84 Å². The van der Waals surface area contributed by atoms with Crippen molar-refractivity contribution in [3.63, 3.8) is 0 Å². The number of aliphatic hydroxyl groups excluding tert-OH is 1. The molecule has 2 unspecified atom stereocenters. The van der Waals surface area contributed by atoms with Crippen LogP contribution in [0.15, 0.2) is 54.1 Å². The van der Waals surface area contributed by atoms with Crippen LogP contribution in [-0.2, 0) is 19.4 Å². The standard InChI is InChI=1S/C23H22FNO6S/c1-2-31-16-7-5-6-14(12-16)21(26)19-20(17-8-3-4-9-18(17)24)25(23(28)22(19)27)15-10-11-32(29,30)13-15/h3-9,12,15,20,26H,2,10-11,13H2,1H3. The third kappa shape index (κ3) is 3.88. The van der Waals surface area contributed by atoms with Gasteiger partial charge in [-0.1, -0.05) is 30.3 Å². The molecular formula is C23H22FNO6S. The molecule has 9 heteroatoms. The van der Waals surface area contributed by atoms with Crippen LogP contribution in [0.25, 0.3) is 5.76 Å². The Balaban J connectivity index is 1.89. The summed E-state index contributed by atoms with van der Waals surface area (Å²) >= 11 is 0. The quantitative estimate of drug-likeness (QED) is 0.419. The fourth-order valence-corrected chi connectivity index (χ4v) is 5.99. The number of carbonyl (C=O) groups excluding carboxylic acids is 2. The van der Waals surface area contributed by atoms with E-state index in [1.807, 2.05) is 0 Å². The minimum absolute atomic E-state index is 0.0125. The molecule has 2 aromatic carbocycles. The summed E-state index contributed by atoms with van der Waals surface area (Å²) in [4.78, 5) is 27.2. The molecule has 2 aliphatic rings. The third-order valence-electron chi connectivity index (χ3n) is 5.70. The molecule has 2 fully saturated rings. The van der Waals surface area contributed by atoms with E-state index in [0.717, 1.165) is 4.90 Å². The maximum atomic E-state index is 14.8. The highest BCUT2D eigenvalue weighted by Gasteiger charge is 2.51. The second kappa shape index (κ2) is 8.38. The predicted octanol–water partition coefficient (Wildman–Crippen LogP) is 2.83. The Morgan fingerprint density at radius 2 is 1.94 bits per heavy atom. The number of carbonyl (C=O) groups is 2. The van der Waals surface area contributed by atoms with Crippen LogP contribution in [0.5, 0.6) is 5.75 Å². The van der Waals surface area contributed by atoms with Crippen LogP contribution in [0.4, 0.5) is 4.39 Å². The number of Topliss-reactive ketones (excluding diaryl/α,β-unsaturated/α-hetero) is 1. The molecule has 0 aliphatic carbocycles. The maximum Gasteiger partial charge on any atom is 0.295 e. The van der Waals surface area contributed by atoms with Crippen molar-refractivity contribution in [2.24, 2.45) is 0 Å². The first-order valence-electron chi connectivity index (χ1n) is 10.2. The van der Waals surface area contributed by atoms with E-state index in [-0.39, 0.29) is 34.6 Å². The Kier molecular flexibility index (Phi) is 5.77. The summed E-state index contributed by atoms with van der Waals surface area (Å²) in [6, 6.07) is 9.97. The molecule has 2 saturated heterocycles. The number of amides is 1. The number of hydrogen-bond donors (Lipinski definition) is 1. The van der Waals surface area contributed by atoms with Gasteiger partial charge in [0.1, 0.15) is 17.3 Å². The number of aliphatic hydroxyl groups is 1. The van der Waals surface area contributed by atoms with Crippen LogP contribution in [0.1, 0.15) is 30.5 Å². The summed E-state index contributed by atoms with van der Waals surface area (Å²) in [6.45, 7) is 2.19. The number of hydrogen-bond acceptors (Lipinski definition) is 6. The van der Waals surface area contributed by atoms with Crippen molar-refractivity contribution in [3.05, 3.63) is 71.0 Å². The van der Waals surface area contributed by atoms with Crippen LogP contribution in [-0.4, -0.2) is 54.3 Å². The Morgan fingerprint density at radius 1 is 1.19 bits per heavy atom. The second-order valence-electron chi connectivity index (χ2n) is 7.75. The molecule has 168 valence electrons. The van der Waals surface area contributed by atoms with Gasteiger partial charge in [0.2, 0.25) is 0 Å². The van der Waals surface area contributed by atoms with E-state index in [0.29, 0.717) is 12.4 Å². The van der Waals surface area contributed by atoms with Crippen molar-refractivity contribution in [2.45, 2.75) is 25.4 Å². The van der Waals surface area contributed by atoms with E-state index in [2.05, 4.69) is 0 Å². The van der Waals surface area contributed by atoms with Gasteiger partial charge < -0.3 is 14.7 Å². The van der Waals surface area contributed by atoms with Gasteiger partial charge in [-0.05, 0) is 31.5 Å². The molecule has 2 atom stereocenters. The van der Waals surface area contributed by atoms with Crippen molar-refractivity contribution in [3.8, 4) is 5.75 Å². The Labute approximate surface area is 185 Å². The molecule has 32 heavy (non-hydrogen) atoms. The van der Waals surface area contributed by atoms with E-state index < -0.39 is 45.2 Å². The molecule has 0 bridgehead atoms. The monoisotopic (exact) mass is 459 g/mol. The summed E-state index contributed by atoms with van der Waals surface area (Å²) in [5, 5.41) is 11.1. The number of benzene rings is 2. The molecule has 0 saturated carbocycles. The van der Waals surface area contributed by atoms with Crippen LogP contribution < -0.4 is 4.74 Å². The average molecular weight is 459 g/mol. The zero-order valence-corrected chi connectivity index (χ0v) is 18.1. The molecule has 2 aromatic rings. The number of rotatable bonds is 5.